The van der Waals surface area contributed by atoms with Gasteiger partial charge in [-0.25, -0.2) is 0 Å². The van der Waals surface area contributed by atoms with E-state index in [1.807, 2.05) is 20.1 Å². The molecular formula is C16H21N5O5S. The van der Waals surface area contributed by atoms with Crippen molar-refractivity contribution >= 4 is 35.1 Å². The van der Waals surface area contributed by atoms with E-state index < -0.39 is 28.7 Å². The van der Waals surface area contributed by atoms with Crippen molar-refractivity contribution in [1.82, 2.24) is 15.1 Å². The van der Waals surface area contributed by atoms with Crippen molar-refractivity contribution in [3.8, 4) is 0 Å². The van der Waals surface area contributed by atoms with Crippen molar-refractivity contribution in [2.45, 2.75) is 32.4 Å². The number of nitro groups is 1. The van der Waals surface area contributed by atoms with Gasteiger partial charge in [-0.2, -0.15) is 16.9 Å². The summed E-state index contributed by atoms with van der Waals surface area (Å²) in [6.45, 7) is 3.92. The summed E-state index contributed by atoms with van der Waals surface area (Å²) in [5.74, 6) is -1.21. The molecule has 0 bridgehead atoms. The first-order valence-electron chi connectivity index (χ1n) is 8.21. The van der Waals surface area contributed by atoms with Gasteiger partial charge in [0.15, 0.2) is 5.76 Å². The van der Waals surface area contributed by atoms with Gasteiger partial charge in [-0.05, 0) is 38.3 Å². The standard InChI is InChI=1S/C16H21N5O5S/c1-10(2)20-9-11(8-17-20)18-15(22)12(6-7-27-3)19-16(23)13-4-5-14(26-13)21(24)25/h4-5,8-10,12H,6-7H2,1-3H3,(H,18,22)(H,19,23). The lowest BCUT2D eigenvalue weighted by atomic mass is 10.2. The highest BCUT2D eigenvalue weighted by Crippen LogP contribution is 2.16. The van der Waals surface area contributed by atoms with Crippen molar-refractivity contribution in [2.75, 3.05) is 17.3 Å². The van der Waals surface area contributed by atoms with Gasteiger partial charge in [0.1, 0.15) is 11.0 Å². The van der Waals surface area contributed by atoms with Crippen LogP contribution in [0.2, 0.25) is 0 Å². The number of hydrogen-bond donors (Lipinski definition) is 2. The molecule has 0 aromatic carbocycles. The number of aromatic nitrogens is 2. The van der Waals surface area contributed by atoms with Crippen LogP contribution in [0.5, 0.6) is 0 Å². The number of carbonyl (C=O) groups excluding carboxylic acids is 2. The van der Waals surface area contributed by atoms with E-state index >= 15 is 0 Å². The van der Waals surface area contributed by atoms with E-state index in [-0.39, 0.29) is 11.8 Å². The van der Waals surface area contributed by atoms with Crippen LogP contribution in [0.25, 0.3) is 0 Å². The third-order valence-electron chi connectivity index (χ3n) is 3.63. The molecule has 146 valence electrons. The molecule has 2 heterocycles. The number of nitrogens with one attached hydrogen (secondary N) is 2. The number of amides is 2. The van der Waals surface area contributed by atoms with Gasteiger partial charge in [0.25, 0.3) is 5.91 Å². The zero-order valence-corrected chi connectivity index (χ0v) is 16.0. The van der Waals surface area contributed by atoms with Gasteiger partial charge >= 0.3 is 5.88 Å². The van der Waals surface area contributed by atoms with Gasteiger partial charge in [0, 0.05) is 12.2 Å². The summed E-state index contributed by atoms with van der Waals surface area (Å²) in [6.07, 6.45) is 5.51. The van der Waals surface area contributed by atoms with E-state index in [0.717, 1.165) is 6.07 Å². The van der Waals surface area contributed by atoms with Gasteiger partial charge in [-0.1, -0.05) is 0 Å². The number of rotatable bonds is 9. The fourth-order valence-electron chi connectivity index (χ4n) is 2.20. The highest BCUT2D eigenvalue weighted by Gasteiger charge is 2.24. The summed E-state index contributed by atoms with van der Waals surface area (Å²) in [4.78, 5) is 34.8. The van der Waals surface area contributed by atoms with E-state index in [4.69, 9.17) is 4.42 Å². The first kappa shape index (κ1) is 20.5. The van der Waals surface area contributed by atoms with Crippen LogP contribution in [0.4, 0.5) is 11.6 Å². The lowest BCUT2D eigenvalue weighted by Gasteiger charge is -2.17. The van der Waals surface area contributed by atoms with Crippen LogP contribution in [0.1, 0.15) is 36.9 Å². The molecular weight excluding hydrogens is 374 g/mol. The lowest BCUT2D eigenvalue weighted by Crippen LogP contribution is -2.44. The maximum Gasteiger partial charge on any atom is 0.433 e. The van der Waals surface area contributed by atoms with E-state index in [1.54, 1.807) is 10.9 Å². The molecule has 2 aromatic heterocycles. The minimum Gasteiger partial charge on any atom is -0.395 e. The van der Waals surface area contributed by atoms with Gasteiger partial charge in [0.2, 0.25) is 5.91 Å². The second kappa shape index (κ2) is 9.21. The van der Waals surface area contributed by atoms with Crippen LogP contribution in [0.15, 0.2) is 28.9 Å². The smallest absolute Gasteiger partial charge is 0.395 e. The van der Waals surface area contributed by atoms with E-state index in [1.165, 1.54) is 24.0 Å². The van der Waals surface area contributed by atoms with Crippen molar-refractivity contribution in [1.29, 1.82) is 0 Å². The Morgan fingerprint density at radius 2 is 2.15 bits per heavy atom. The molecule has 2 amide bonds. The summed E-state index contributed by atoms with van der Waals surface area (Å²) in [5.41, 5.74) is 0.519. The molecule has 2 rings (SSSR count). The summed E-state index contributed by atoms with van der Waals surface area (Å²) in [7, 11) is 0. The van der Waals surface area contributed by atoms with E-state index in [0.29, 0.717) is 17.9 Å². The molecule has 0 aliphatic carbocycles. The predicted octanol–water partition coefficient (Wildman–Crippen LogP) is 2.46. The lowest BCUT2D eigenvalue weighted by molar-refractivity contribution is -0.402. The average molecular weight is 395 g/mol. The van der Waals surface area contributed by atoms with Crippen LogP contribution in [0, 0.1) is 10.1 Å². The average Bonchev–Trinajstić information content (AvgIpc) is 3.27. The highest BCUT2D eigenvalue weighted by molar-refractivity contribution is 7.98. The fraction of sp³-hybridized carbons (Fsp3) is 0.438. The molecule has 0 aliphatic heterocycles. The molecule has 0 radical (unpaired) electrons. The SMILES string of the molecule is CSCCC(NC(=O)c1ccc([N+](=O)[O-])o1)C(=O)Nc1cnn(C(C)C)c1. The van der Waals surface area contributed by atoms with Crippen LogP contribution in [-0.2, 0) is 4.79 Å². The van der Waals surface area contributed by atoms with Crippen molar-refractivity contribution in [3.05, 3.63) is 40.4 Å². The molecule has 0 aliphatic rings. The molecule has 0 saturated heterocycles. The van der Waals surface area contributed by atoms with E-state index in [9.17, 15) is 19.7 Å². The third kappa shape index (κ3) is 5.58. The van der Waals surface area contributed by atoms with Crippen molar-refractivity contribution in [2.24, 2.45) is 0 Å². The molecule has 2 N–H and O–H groups in total. The second-order valence-corrected chi connectivity index (χ2v) is 6.98. The van der Waals surface area contributed by atoms with Gasteiger partial charge in [-0.3, -0.25) is 24.4 Å². The number of hydrogen-bond acceptors (Lipinski definition) is 7. The molecule has 10 nitrogen and oxygen atoms in total. The predicted molar refractivity (Wildman–Crippen MR) is 101 cm³/mol. The van der Waals surface area contributed by atoms with Crippen LogP contribution < -0.4 is 10.6 Å². The quantitative estimate of drug-likeness (QED) is 0.492. The zero-order valence-electron chi connectivity index (χ0n) is 15.2. The Bertz CT molecular complexity index is 816. The largest absolute Gasteiger partial charge is 0.433 e. The van der Waals surface area contributed by atoms with Gasteiger partial charge < -0.3 is 15.1 Å². The van der Waals surface area contributed by atoms with Gasteiger partial charge in [0.05, 0.1) is 18.0 Å². The Balaban J connectivity index is 2.06. The Morgan fingerprint density at radius 3 is 2.70 bits per heavy atom. The fourth-order valence-corrected chi connectivity index (χ4v) is 2.67. The number of thioether (sulfide) groups is 1. The minimum atomic E-state index is -0.823. The molecule has 11 heteroatoms. The second-order valence-electron chi connectivity index (χ2n) is 5.99. The Hall–Kier alpha value is -2.82. The van der Waals surface area contributed by atoms with Crippen LogP contribution in [0.3, 0.4) is 0 Å². The highest BCUT2D eigenvalue weighted by atomic mass is 32.2. The maximum atomic E-state index is 12.6. The Labute approximate surface area is 159 Å². The van der Waals surface area contributed by atoms with Gasteiger partial charge in [-0.15, -0.1) is 0 Å². The maximum absolute atomic E-state index is 12.6. The number of carbonyl (C=O) groups is 2. The molecule has 0 saturated carbocycles. The Morgan fingerprint density at radius 1 is 1.41 bits per heavy atom. The minimum absolute atomic E-state index is 0.150. The van der Waals surface area contributed by atoms with Crippen molar-refractivity contribution in [3.63, 3.8) is 0 Å². The first-order chi connectivity index (χ1) is 12.8. The molecule has 0 fully saturated rings. The topological polar surface area (TPSA) is 132 Å². The van der Waals surface area contributed by atoms with Crippen molar-refractivity contribution < 1.29 is 18.9 Å². The monoisotopic (exact) mass is 395 g/mol. The number of nitrogens with zero attached hydrogens (tertiary/aromatic N) is 3. The number of furan rings is 1. The molecule has 0 spiro atoms. The molecule has 1 atom stereocenters. The summed E-state index contributed by atoms with van der Waals surface area (Å²) < 4.78 is 6.58. The Kier molecular flexibility index (Phi) is 6.99. The third-order valence-corrected chi connectivity index (χ3v) is 4.27. The molecule has 1 unspecified atom stereocenters. The normalized spacial score (nSPS) is 12.0. The van der Waals surface area contributed by atoms with E-state index in [2.05, 4.69) is 15.7 Å². The van der Waals surface area contributed by atoms with Crippen LogP contribution in [-0.4, -0.2) is 44.6 Å². The summed E-state index contributed by atoms with van der Waals surface area (Å²) in [6, 6.07) is 1.62. The number of anilines is 1. The van der Waals surface area contributed by atoms with Crippen LogP contribution >= 0.6 is 11.8 Å². The summed E-state index contributed by atoms with van der Waals surface area (Å²) >= 11 is 1.53. The summed E-state index contributed by atoms with van der Waals surface area (Å²) in [5, 5.41) is 20.1. The molecule has 2 aromatic rings. The first-order valence-corrected chi connectivity index (χ1v) is 9.60. The molecule has 27 heavy (non-hydrogen) atoms. The zero-order chi connectivity index (χ0) is 20.0.